The standard InChI is InChI=1S/C18H12N4O2/c19-10-12-14(11-6-2-1-3-7-11)15-17(24-16(12)20)21-13-8-4-5-9-22(13)18(15)23/h1-9,14H,20H2. The van der Waals surface area contributed by atoms with Gasteiger partial charge in [0.15, 0.2) is 0 Å². The number of benzene rings is 1. The van der Waals surface area contributed by atoms with Gasteiger partial charge in [0.1, 0.15) is 17.3 Å². The fourth-order valence-electron chi connectivity index (χ4n) is 2.95. The van der Waals surface area contributed by atoms with E-state index in [1.807, 2.05) is 30.3 Å². The molecule has 1 unspecified atom stereocenters. The number of nitriles is 1. The van der Waals surface area contributed by atoms with E-state index < -0.39 is 5.92 Å². The summed E-state index contributed by atoms with van der Waals surface area (Å²) in [6.45, 7) is 0. The van der Waals surface area contributed by atoms with Crippen molar-refractivity contribution in [1.29, 1.82) is 5.26 Å². The van der Waals surface area contributed by atoms with Crippen LogP contribution in [0.3, 0.4) is 0 Å². The molecule has 0 fully saturated rings. The predicted octanol–water partition coefficient (Wildman–Crippen LogP) is 1.91. The number of hydrogen-bond acceptors (Lipinski definition) is 5. The molecule has 24 heavy (non-hydrogen) atoms. The molecule has 0 saturated heterocycles. The van der Waals surface area contributed by atoms with Gasteiger partial charge in [-0.1, -0.05) is 36.4 Å². The fraction of sp³-hybridized carbons (Fsp3) is 0.0556. The molecular weight excluding hydrogens is 304 g/mol. The van der Waals surface area contributed by atoms with E-state index in [4.69, 9.17) is 10.5 Å². The van der Waals surface area contributed by atoms with Crippen LogP contribution in [-0.2, 0) is 0 Å². The van der Waals surface area contributed by atoms with Crippen LogP contribution in [-0.4, -0.2) is 9.38 Å². The highest BCUT2D eigenvalue weighted by atomic mass is 16.5. The van der Waals surface area contributed by atoms with Gasteiger partial charge in [0.05, 0.1) is 11.5 Å². The predicted molar refractivity (Wildman–Crippen MR) is 87.2 cm³/mol. The highest BCUT2D eigenvalue weighted by molar-refractivity contribution is 5.55. The van der Waals surface area contributed by atoms with Crippen molar-refractivity contribution in [1.82, 2.24) is 9.38 Å². The van der Waals surface area contributed by atoms with Crippen LogP contribution in [0.1, 0.15) is 17.0 Å². The molecule has 6 nitrogen and oxygen atoms in total. The Kier molecular flexibility index (Phi) is 3.07. The molecule has 4 rings (SSSR count). The Morgan fingerprint density at radius 2 is 1.92 bits per heavy atom. The molecule has 1 atom stereocenters. The average molecular weight is 316 g/mol. The molecule has 2 aromatic heterocycles. The van der Waals surface area contributed by atoms with Crippen LogP contribution in [0.15, 0.2) is 71.0 Å². The van der Waals surface area contributed by atoms with Gasteiger partial charge >= 0.3 is 0 Å². The molecule has 6 heteroatoms. The van der Waals surface area contributed by atoms with Crippen LogP contribution in [0.5, 0.6) is 5.88 Å². The maximum Gasteiger partial charge on any atom is 0.265 e. The minimum absolute atomic E-state index is 0.0222. The first-order chi connectivity index (χ1) is 11.7. The molecule has 3 heterocycles. The van der Waals surface area contributed by atoms with Crippen molar-refractivity contribution in [3.05, 3.63) is 87.7 Å². The van der Waals surface area contributed by atoms with Crippen LogP contribution in [0.2, 0.25) is 0 Å². The molecular formula is C18H12N4O2. The Morgan fingerprint density at radius 3 is 2.67 bits per heavy atom. The van der Waals surface area contributed by atoms with E-state index in [0.29, 0.717) is 11.2 Å². The van der Waals surface area contributed by atoms with Crippen LogP contribution < -0.4 is 16.0 Å². The fourth-order valence-corrected chi connectivity index (χ4v) is 2.95. The summed E-state index contributed by atoms with van der Waals surface area (Å²) >= 11 is 0. The Balaban J connectivity index is 2.09. The van der Waals surface area contributed by atoms with Crippen LogP contribution in [0.25, 0.3) is 5.65 Å². The molecule has 0 bridgehead atoms. The zero-order valence-corrected chi connectivity index (χ0v) is 12.5. The first kappa shape index (κ1) is 14.0. The van der Waals surface area contributed by atoms with Gasteiger partial charge in [0.2, 0.25) is 11.8 Å². The van der Waals surface area contributed by atoms with Crippen molar-refractivity contribution in [2.75, 3.05) is 0 Å². The summed E-state index contributed by atoms with van der Waals surface area (Å²) < 4.78 is 6.93. The number of hydrogen-bond donors (Lipinski definition) is 1. The molecule has 1 aromatic carbocycles. The van der Waals surface area contributed by atoms with E-state index in [2.05, 4.69) is 11.1 Å². The van der Waals surface area contributed by atoms with Crippen LogP contribution in [0.4, 0.5) is 0 Å². The lowest BCUT2D eigenvalue weighted by molar-refractivity contribution is 0.376. The number of ether oxygens (including phenoxy) is 1. The molecule has 116 valence electrons. The normalized spacial score (nSPS) is 16.4. The third-order valence-electron chi connectivity index (χ3n) is 4.04. The van der Waals surface area contributed by atoms with E-state index in [9.17, 15) is 10.1 Å². The summed E-state index contributed by atoms with van der Waals surface area (Å²) in [5, 5.41) is 9.53. The molecule has 1 aliphatic rings. The molecule has 0 spiro atoms. The topological polar surface area (TPSA) is 93.4 Å². The highest BCUT2D eigenvalue weighted by Gasteiger charge is 2.34. The van der Waals surface area contributed by atoms with Gasteiger partial charge in [-0.25, -0.2) is 0 Å². The van der Waals surface area contributed by atoms with Gasteiger partial charge < -0.3 is 10.5 Å². The third-order valence-corrected chi connectivity index (χ3v) is 4.04. The number of nitrogens with zero attached hydrogens (tertiary/aromatic N) is 3. The third kappa shape index (κ3) is 1.96. The van der Waals surface area contributed by atoms with E-state index in [-0.39, 0.29) is 22.9 Å². The van der Waals surface area contributed by atoms with E-state index in [1.54, 1.807) is 24.4 Å². The summed E-state index contributed by atoms with van der Waals surface area (Å²) in [6.07, 6.45) is 1.64. The van der Waals surface area contributed by atoms with Crippen molar-refractivity contribution in [3.63, 3.8) is 0 Å². The Bertz CT molecular complexity index is 1080. The van der Waals surface area contributed by atoms with Crippen molar-refractivity contribution in [2.24, 2.45) is 5.73 Å². The van der Waals surface area contributed by atoms with E-state index >= 15 is 0 Å². The zero-order valence-electron chi connectivity index (χ0n) is 12.5. The number of nitrogens with two attached hydrogens (primary N) is 1. The molecule has 0 radical (unpaired) electrons. The zero-order chi connectivity index (χ0) is 16.7. The van der Waals surface area contributed by atoms with Crippen molar-refractivity contribution in [2.45, 2.75) is 5.92 Å². The summed E-state index contributed by atoms with van der Waals surface area (Å²) in [6, 6.07) is 16.6. The lowest BCUT2D eigenvalue weighted by Gasteiger charge is -2.25. The SMILES string of the molecule is N#CC1=C(N)Oc2nc3ccccn3c(=O)c2C1c1ccccc1. The van der Waals surface area contributed by atoms with Gasteiger partial charge in [-0.3, -0.25) is 9.20 Å². The molecule has 0 amide bonds. The summed E-state index contributed by atoms with van der Waals surface area (Å²) in [5.41, 5.74) is 7.41. The second-order valence-corrected chi connectivity index (χ2v) is 5.40. The molecule has 1 aliphatic heterocycles. The lowest BCUT2D eigenvalue weighted by atomic mass is 9.85. The first-order valence-electron chi connectivity index (χ1n) is 7.34. The molecule has 2 N–H and O–H groups in total. The maximum atomic E-state index is 13.0. The largest absolute Gasteiger partial charge is 0.422 e. The number of fused-ring (bicyclic) bond motifs is 2. The van der Waals surface area contributed by atoms with Gasteiger partial charge in [-0.15, -0.1) is 0 Å². The smallest absolute Gasteiger partial charge is 0.265 e. The number of allylic oxidation sites excluding steroid dienone is 1. The number of aromatic nitrogens is 2. The van der Waals surface area contributed by atoms with Gasteiger partial charge in [-0.05, 0) is 17.7 Å². The second-order valence-electron chi connectivity index (χ2n) is 5.40. The van der Waals surface area contributed by atoms with E-state index in [1.165, 1.54) is 4.40 Å². The monoisotopic (exact) mass is 316 g/mol. The minimum Gasteiger partial charge on any atom is -0.422 e. The maximum absolute atomic E-state index is 13.0. The Morgan fingerprint density at radius 1 is 1.17 bits per heavy atom. The lowest BCUT2D eigenvalue weighted by Crippen LogP contribution is -2.30. The Labute approximate surface area is 137 Å². The molecule has 0 saturated carbocycles. The Hall–Kier alpha value is -3.59. The molecule has 3 aromatic rings. The average Bonchev–Trinajstić information content (AvgIpc) is 2.61. The van der Waals surface area contributed by atoms with E-state index in [0.717, 1.165) is 5.56 Å². The first-order valence-corrected chi connectivity index (χ1v) is 7.34. The van der Waals surface area contributed by atoms with Crippen LogP contribution in [0, 0.1) is 11.3 Å². The summed E-state index contributed by atoms with van der Waals surface area (Å²) in [7, 11) is 0. The summed E-state index contributed by atoms with van der Waals surface area (Å²) in [5.74, 6) is -0.473. The summed E-state index contributed by atoms with van der Waals surface area (Å²) in [4.78, 5) is 17.4. The van der Waals surface area contributed by atoms with Crippen molar-refractivity contribution < 1.29 is 4.74 Å². The van der Waals surface area contributed by atoms with Crippen molar-refractivity contribution >= 4 is 5.65 Å². The van der Waals surface area contributed by atoms with Gasteiger partial charge in [-0.2, -0.15) is 10.2 Å². The second kappa shape index (κ2) is 5.25. The van der Waals surface area contributed by atoms with Crippen molar-refractivity contribution in [3.8, 4) is 11.9 Å². The van der Waals surface area contributed by atoms with Crippen LogP contribution >= 0.6 is 0 Å². The van der Waals surface area contributed by atoms with Gasteiger partial charge in [0.25, 0.3) is 5.56 Å². The number of pyridine rings is 1. The molecule has 0 aliphatic carbocycles. The minimum atomic E-state index is -0.600. The highest BCUT2D eigenvalue weighted by Crippen LogP contribution is 2.39. The quantitative estimate of drug-likeness (QED) is 0.740. The van der Waals surface area contributed by atoms with Gasteiger partial charge in [0, 0.05) is 6.20 Å². The number of rotatable bonds is 1.